The Balaban J connectivity index is 1.83. The minimum atomic E-state index is -0.103. The maximum absolute atomic E-state index is 12.6. The Morgan fingerprint density at radius 1 is 1.04 bits per heavy atom. The molecule has 1 amide bonds. The van der Waals surface area contributed by atoms with Crippen LogP contribution < -0.4 is 5.32 Å². The Bertz CT molecular complexity index is 830. The molecule has 3 nitrogen and oxygen atoms in total. The van der Waals surface area contributed by atoms with Gasteiger partial charge >= 0.3 is 0 Å². The monoisotopic (exact) mass is 322 g/mol. The number of carbonyl (C=O) groups is 1. The highest BCUT2D eigenvalue weighted by molar-refractivity contribution is 7.14. The molecule has 0 radical (unpaired) electrons. The number of thiazole rings is 1. The van der Waals surface area contributed by atoms with Crippen LogP contribution in [0, 0.1) is 20.8 Å². The van der Waals surface area contributed by atoms with E-state index < -0.39 is 0 Å². The molecule has 0 aliphatic heterocycles. The number of anilines is 1. The minimum Gasteiger partial charge on any atom is -0.298 e. The predicted octanol–water partition coefficient (Wildman–Crippen LogP) is 4.99. The fourth-order valence-electron chi connectivity index (χ4n) is 2.77. The van der Waals surface area contributed by atoms with Crippen molar-refractivity contribution in [2.75, 3.05) is 5.32 Å². The van der Waals surface area contributed by atoms with Gasteiger partial charge in [0.15, 0.2) is 5.13 Å². The molecule has 4 heteroatoms. The van der Waals surface area contributed by atoms with Gasteiger partial charge in [0, 0.05) is 16.5 Å². The molecule has 0 spiro atoms. The first-order chi connectivity index (χ1) is 11.0. The van der Waals surface area contributed by atoms with Crippen LogP contribution >= 0.6 is 11.3 Å². The van der Waals surface area contributed by atoms with Gasteiger partial charge in [-0.3, -0.25) is 10.1 Å². The Labute approximate surface area is 140 Å². The number of nitrogens with one attached hydrogen (secondary N) is 1. The second-order valence-electron chi connectivity index (χ2n) is 5.63. The van der Waals surface area contributed by atoms with Crippen molar-refractivity contribution in [2.45, 2.75) is 20.8 Å². The van der Waals surface area contributed by atoms with Crippen molar-refractivity contribution < 1.29 is 4.79 Å². The van der Waals surface area contributed by atoms with E-state index in [0.29, 0.717) is 5.13 Å². The number of hydrogen-bond donors (Lipinski definition) is 1. The molecule has 3 rings (SSSR count). The van der Waals surface area contributed by atoms with E-state index in [1.54, 1.807) is 0 Å². The highest BCUT2D eigenvalue weighted by atomic mass is 32.1. The molecule has 0 aliphatic carbocycles. The van der Waals surface area contributed by atoms with Gasteiger partial charge in [-0.25, -0.2) is 4.98 Å². The maximum atomic E-state index is 12.6. The molecule has 23 heavy (non-hydrogen) atoms. The summed E-state index contributed by atoms with van der Waals surface area (Å²) >= 11 is 1.44. The highest BCUT2D eigenvalue weighted by Gasteiger charge is 2.14. The third-order valence-corrected chi connectivity index (χ3v) is 4.46. The van der Waals surface area contributed by atoms with Crippen LogP contribution in [0.1, 0.15) is 27.0 Å². The van der Waals surface area contributed by atoms with Crippen LogP contribution in [0.3, 0.4) is 0 Å². The lowest BCUT2D eigenvalue weighted by Crippen LogP contribution is -2.15. The summed E-state index contributed by atoms with van der Waals surface area (Å²) in [6.07, 6.45) is 0. The summed E-state index contributed by atoms with van der Waals surface area (Å²) in [5.74, 6) is -0.103. The summed E-state index contributed by atoms with van der Waals surface area (Å²) in [4.78, 5) is 17.1. The van der Waals surface area contributed by atoms with Crippen molar-refractivity contribution >= 4 is 22.4 Å². The quantitative estimate of drug-likeness (QED) is 0.738. The molecule has 2 aromatic carbocycles. The predicted molar refractivity (Wildman–Crippen MR) is 96.2 cm³/mol. The Hall–Kier alpha value is -2.46. The number of nitrogens with zero attached hydrogens (tertiary/aromatic N) is 1. The van der Waals surface area contributed by atoms with Crippen LogP contribution in [-0.4, -0.2) is 10.9 Å². The average molecular weight is 322 g/mol. The first-order valence-electron chi connectivity index (χ1n) is 7.45. The lowest BCUT2D eigenvalue weighted by atomic mass is 9.99. The van der Waals surface area contributed by atoms with Crippen molar-refractivity contribution in [3.05, 3.63) is 70.1 Å². The molecular formula is C19H18N2OS. The zero-order chi connectivity index (χ0) is 16.4. The summed E-state index contributed by atoms with van der Waals surface area (Å²) < 4.78 is 0. The topological polar surface area (TPSA) is 42.0 Å². The summed E-state index contributed by atoms with van der Waals surface area (Å²) in [6.45, 7) is 5.97. The fourth-order valence-corrected chi connectivity index (χ4v) is 3.49. The van der Waals surface area contributed by atoms with Gasteiger partial charge < -0.3 is 0 Å². The van der Waals surface area contributed by atoms with Gasteiger partial charge in [-0.05, 0) is 31.9 Å². The standard InChI is InChI=1S/C19H18N2OS/c1-12-9-13(2)17(14(3)10-12)18(22)21-19-20-16(11-23-19)15-7-5-4-6-8-15/h4-11H,1-3H3,(H,20,21,22). The number of carbonyl (C=O) groups excluding carboxylic acids is 1. The highest BCUT2D eigenvalue weighted by Crippen LogP contribution is 2.25. The molecule has 0 aliphatic rings. The summed E-state index contributed by atoms with van der Waals surface area (Å²) in [5.41, 5.74) is 5.79. The van der Waals surface area contributed by atoms with E-state index in [0.717, 1.165) is 33.5 Å². The third kappa shape index (κ3) is 3.32. The van der Waals surface area contributed by atoms with Crippen LogP contribution in [0.2, 0.25) is 0 Å². The van der Waals surface area contributed by atoms with Crippen molar-refractivity contribution in [1.82, 2.24) is 4.98 Å². The summed E-state index contributed by atoms with van der Waals surface area (Å²) in [6, 6.07) is 14.0. The molecule has 0 saturated carbocycles. The number of amides is 1. The van der Waals surface area contributed by atoms with Gasteiger partial charge in [-0.15, -0.1) is 11.3 Å². The van der Waals surface area contributed by atoms with Gasteiger partial charge in [0.05, 0.1) is 5.69 Å². The number of rotatable bonds is 3. The van der Waals surface area contributed by atoms with Crippen LogP contribution in [0.15, 0.2) is 47.8 Å². The molecule has 1 aromatic heterocycles. The van der Waals surface area contributed by atoms with Gasteiger partial charge in [0.1, 0.15) is 0 Å². The molecule has 1 N–H and O–H groups in total. The first kappa shape index (κ1) is 15.4. The Morgan fingerprint density at radius 2 is 1.70 bits per heavy atom. The van der Waals surface area contributed by atoms with Crippen molar-refractivity contribution in [1.29, 1.82) is 0 Å². The molecule has 0 saturated heterocycles. The first-order valence-corrected chi connectivity index (χ1v) is 8.32. The average Bonchev–Trinajstić information content (AvgIpc) is 2.95. The van der Waals surface area contributed by atoms with Gasteiger partial charge in [-0.1, -0.05) is 48.0 Å². The summed E-state index contributed by atoms with van der Waals surface area (Å²) in [5, 5.41) is 5.49. The largest absolute Gasteiger partial charge is 0.298 e. The number of aromatic nitrogens is 1. The van der Waals surface area contributed by atoms with Gasteiger partial charge in [-0.2, -0.15) is 0 Å². The number of hydrogen-bond acceptors (Lipinski definition) is 3. The van der Waals surface area contributed by atoms with E-state index in [9.17, 15) is 4.79 Å². The SMILES string of the molecule is Cc1cc(C)c(C(=O)Nc2nc(-c3ccccc3)cs2)c(C)c1. The molecule has 3 aromatic rings. The van der Waals surface area contributed by atoms with Gasteiger partial charge in [0.25, 0.3) is 5.91 Å². The normalized spacial score (nSPS) is 10.6. The molecule has 116 valence electrons. The summed E-state index contributed by atoms with van der Waals surface area (Å²) in [7, 11) is 0. The molecule has 0 atom stereocenters. The number of benzene rings is 2. The lowest BCUT2D eigenvalue weighted by molar-refractivity contribution is 0.102. The molecule has 0 bridgehead atoms. The van der Waals surface area contributed by atoms with Crippen LogP contribution in [0.25, 0.3) is 11.3 Å². The van der Waals surface area contributed by atoms with Crippen LogP contribution in [0.4, 0.5) is 5.13 Å². The van der Waals surface area contributed by atoms with E-state index in [2.05, 4.69) is 10.3 Å². The molecule has 0 unspecified atom stereocenters. The second-order valence-corrected chi connectivity index (χ2v) is 6.49. The smallest absolute Gasteiger partial charge is 0.257 e. The van der Waals surface area contributed by atoms with E-state index in [-0.39, 0.29) is 5.91 Å². The third-order valence-electron chi connectivity index (χ3n) is 3.70. The van der Waals surface area contributed by atoms with Crippen molar-refractivity contribution in [2.24, 2.45) is 0 Å². The molecule has 0 fully saturated rings. The number of aryl methyl sites for hydroxylation is 3. The van der Waals surface area contributed by atoms with Crippen molar-refractivity contribution in [3.63, 3.8) is 0 Å². The zero-order valence-corrected chi connectivity index (χ0v) is 14.2. The Morgan fingerprint density at radius 3 is 2.35 bits per heavy atom. The Kier molecular flexibility index (Phi) is 4.26. The molecule has 1 heterocycles. The van der Waals surface area contributed by atoms with Crippen molar-refractivity contribution in [3.8, 4) is 11.3 Å². The van der Waals surface area contributed by atoms with Crippen LogP contribution in [0.5, 0.6) is 0 Å². The van der Waals surface area contributed by atoms with E-state index >= 15 is 0 Å². The van der Waals surface area contributed by atoms with Gasteiger partial charge in [0.2, 0.25) is 0 Å². The van der Waals surface area contributed by atoms with E-state index in [4.69, 9.17) is 0 Å². The minimum absolute atomic E-state index is 0.103. The molecular weight excluding hydrogens is 304 g/mol. The second kappa shape index (κ2) is 6.34. The maximum Gasteiger partial charge on any atom is 0.257 e. The van der Waals surface area contributed by atoms with E-state index in [1.165, 1.54) is 11.3 Å². The lowest BCUT2D eigenvalue weighted by Gasteiger charge is -2.10. The fraction of sp³-hybridized carbons (Fsp3) is 0.158. The van der Waals surface area contributed by atoms with Crippen LogP contribution in [-0.2, 0) is 0 Å². The zero-order valence-electron chi connectivity index (χ0n) is 13.4. The van der Waals surface area contributed by atoms with E-state index in [1.807, 2.05) is 68.6 Å².